The van der Waals surface area contributed by atoms with Gasteiger partial charge in [0.2, 0.25) is 11.8 Å². The second-order valence-electron chi connectivity index (χ2n) is 6.87. The predicted molar refractivity (Wildman–Crippen MR) is 103 cm³/mol. The first kappa shape index (κ1) is 18.0. The van der Waals surface area contributed by atoms with E-state index >= 15 is 0 Å². The lowest BCUT2D eigenvalue weighted by Gasteiger charge is -2.18. The van der Waals surface area contributed by atoms with Gasteiger partial charge in [-0.2, -0.15) is 0 Å². The number of methoxy groups -OCH3 is 1. The highest BCUT2D eigenvalue weighted by molar-refractivity contribution is 6.04. The van der Waals surface area contributed by atoms with Crippen molar-refractivity contribution in [3.8, 4) is 5.75 Å². The van der Waals surface area contributed by atoms with Gasteiger partial charge in [-0.1, -0.05) is 23.8 Å². The molecule has 136 valence electrons. The molecule has 2 aromatic carbocycles. The number of carbonyl (C=O) groups excluding carboxylic acids is 2. The predicted octanol–water partition coefficient (Wildman–Crippen LogP) is 3.61. The second-order valence-corrected chi connectivity index (χ2v) is 6.87. The van der Waals surface area contributed by atoms with Gasteiger partial charge in [0, 0.05) is 30.4 Å². The number of nitrogens with one attached hydrogen (secondary N) is 1. The molecule has 0 bridgehead atoms. The lowest BCUT2D eigenvalue weighted by molar-refractivity contribution is -0.122. The fourth-order valence-electron chi connectivity index (χ4n) is 3.51. The summed E-state index contributed by atoms with van der Waals surface area (Å²) in [6.07, 6.45) is 0.215. The summed E-state index contributed by atoms with van der Waals surface area (Å²) in [5.74, 6) is 0.164. The van der Waals surface area contributed by atoms with E-state index in [1.807, 2.05) is 57.2 Å². The van der Waals surface area contributed by atoms with Crippen molar-refractivity contribution in [1.29, 1.82) is 0 Å². The zero-order chi connectivity index (χ0) is 18.8. The first-order chi connectivity index (χ1) is 12.4. The minimum atomic E-state index is -0.367. The van der Waals surface area contributed by atoms with Crippen LogP contribution in [-0.2, 0) is 9.59 Å². The molecule has 5 heteroatoms. The third kappa shape index (κ3) is 3.57. The molecule has 1 saturated heterocycles. The lowest BCUT2D eigenvalue weighted by Crippen LogP contribution is -2.28. The Bertz CT molecular complexity index is 837. The van der Waals surface area contributed by atoms with Gasteiger partial charge in [0.1, 0.15) is 5.75 Å². The monoisotopic (exact) mass is 352 g/mol. The van der Waals surface area contributed by atoms with E-state index < -0.39 is 0 Å². The van der Waals surface area contributed by atoms with Gasteiger partial charge >= 0.3 is 0 Å². The van der Waals surface area contributed by atoms with E-state index in [9.17, 15) is 9.59 Å². The SMILES string of the molecule is COc1cccc(N2C[C@H](C(=O)Nc3c(C)cc(C)cc3C)CC2=O)c1. The number of benzene rings is 2. The van der Waals surface area contributed by atoms with Crippen LogP contribution in [0.3, 0.4) is 0 Å². The molecule has 1 heterocycles. The molecule has 2 aromatic rings. The van der Waals surface area contributed by atoms with Gasteiger partial charge < -0.3 is 15.0 Å². The quantitative estimate of drug-likeness (QED) is 0.914. The highest BCUT2D eigenvalue weighted by atomic mass is 16.5. The fraction of sp³-hybridized carbons (Fsp3) is 0.333. The zero-order valence-electron chi connectivity index (χ0n) is 15.6. The van der Waals surface area contributed by atoms with Crippen LogP contribution in [0.1, 0.15) is 23.1 Å². The van der Waals surface area contributed by atoms with Crippen LogP contribution in [0.25, 0.3) is 0 Å². The standard InChI is InChI=1S/C21H24N2O3/c1-13-8-14(2)20(15(3)9-13)22-21(25)16-10-19(24)23(12-16)17-6-5-7-18(11-17)26-4/h5-9,11,16H,10,12H2,1-4H3,(H,22,25)/t16-/m1/s1. The van der Waals surface area contributed by atoms with Crippen molar-refractivity contribution in [2.75, 3.05) is 23.9 Å². The summed E-state index contributed by atoms with van der Waals surface area (Å²) in [7, 11) is 1.59. The first-order valence-electron chi connectivity index (χ1n) is 8.72. The number of hydrogen-bond acceptors (Lipinski definition) is 3. The summed E-state index contributed by atoms with van der Waals surface area (Å²) in [4.78, 5) is 26.8. The molecular formula is C21H24N2O3. The van der Waals surface area contributed by atoms with Crippen LogP contribution >= 0.6 is 0 Å². The molecule has 0 spiro atoms. The van der Waals surface area contributed by atoms with Gasteiger partial charge in [-0.25, -0.2) is 0 Å². The third-order valence-electron chi connectivity index (χ3n) is 4.79. The molecule has 1 aliphatic heterocycles. The zero-order valence-corrected chi connectivity index (χ0v) is 15.6. The molecule has 1 atom stereocenters. The molecular weight excluding hydrogens is 328 g/mol. The summed E-state index contributed by atoms with van der Waals surface area (Å²) < 4.78 is 5.22. The fourth-order valence-corrected chi connectivity index (χ4v) is 3.51. The minimum Gasteiger partial charge on any atom is -0.497 e. The number of ether oxygens (including phenoxy) is 1. The Labute approximate surface area is 154 Å². The molecule has 1 aliphatic rings. The van der Waals surface area contributed by atoms with Gasteiger partial charge in [0.05, 0.1) is 13.0 Å². The molecule has 0 saturated carbocycles. The van der Waals surface area contributed by atoms with Crippen LogP contribution in [0.2, 0.25) is 0 Å². The molecule has 0 unspecified atom stereocenters. The van der Waals surface area contributed by atoms with E-state index in [0.29, 0.717) is 12.3 Å². The Balaban J connectivity index is 1.75. The highest BCUT2D eigenvalue weighted by Gasteiger charge is 2.35. The topological polar surface area (TPSA) is 58.6 Å². The molecule has 5 nitrogen and oxygen atoms in total. The Morgan fingerprint density at radius 1 is 1.15 bits per heavy atom. The van der Waals surface area contributed by atoms with Gasteiger partial charge in [0.25, 0.3) is 0 Å². The van der Waals surface area contributed by atoms with Crippen LogP contribution < -0.4 is 15.0 Å². The van der Waals surface area contributed by atoms with Gasteiger partial charge in [-0.3, -0.25) is 9.59 Å². The van der Waals surface area contributed by atoms with Crippen molar-refractivity contribution in [1.82, 2.24) is 0 Å². The second kappa shape index (κ2) is 7.20. The number of carbonyl (C=O) groups is 2. The average molecular weight is 352 g/mol. The average Bonchev–Trinajstić information content (AvgIpc) is 3.00. The normalized spacial score (nSPS) is 16.7. The molecule has 0 radical (unpaired) electrons. The summed E-state index contributed by atoms with van der Waals surface area (Å²) in [6, 6.07) is 11.4. The molecule has 1 N–H and O–H groups in total. The maximum Gasteiger partial charge on any atom is 0.229 e. The van der Waals surface area contributed by atoms with Crippen molar-refractivity contribution < 1.29 is 14.3 Å². The Morgan fingerprint density at radius 3 is 2.50 bits per heavy atom. The Morgan fingerprint density at radius 2 is 1.85 bits per heavy atom. The van der Waals surface area contributed by atoms with Crippen LogP contribution in [0.5, 0.6) is 5.75 Å². The molecule has 0 aliphatic carbocycles. The summed E-state index contributed by atoms with van der Waals surface area (Å²) >= 11 is 0. The molecule has 0 aromatic heterocycles. The van der Waals surface area contributed by atoms with Crippen molar-refractivity contribution in [3.63, 3.8) is 0 Å². The first-order valence-corrected chi connectivity index (χ1v) is 8.72. The van der Waals surface area contributed by atoms with Crippen LogP contribution in [-0.4, -0.2) is 25.5 Å². The summed E-state index contributed by atoms with van der Waals surface area (Å²) in [5, 5.41) is 3.02. The van der Waals surface area contributed by atoms with Gasteiger partial charge in [-0.15, -0.1) is 0 Å². The number of amides is 2. The Kier molecular flexibility index (Phi) is 4.98. The summed E-state index contributed by atoms with van der Waals surface area (Å²) in [6.45, 7) is 6.38. The third-order valence-corrected chi connectivity index (χ3v) is 4.79. The van der Waals surface area contributed by atoms with Crippen LogP contribution in [0.15, 0.2) is 36.4 Å². The van der Waals surface area contributed by atoms with Crippen molar-refractivity contribution in [2.24, 2.45) is 5.92 Å². The molecule has 3 rings (SSSR count). The van der Waals surface area contributed by atoms with Gasteiger partial charge in [0.15, 0.2) is 0 Å². The van der Waals surface area contributed by atoms with E-state index in [0.717, 1.165) is 22.5 Å². The number of hydrogen-bond donors (Lipinski definition) is 1. The number of anilines is 2. The van der Waals surface area contributed by atoms with Crippen LogP contribution in [0.4, 0.5) is 11.4 Å². The van der Waals surface area contributed by atoms with Gasteiger partial charge in [-0.05, 0) is 44.0 Å². The lowest BCUT2D eigenvalue weighted by atomic mass is 10.0. The molecule has 26 heavy (non-hydrogen) atoms. The van der Waals surface area contributed by atoms with E-state index in [-0.39, 0.29) is 24.2 Å². The molecule has 2 amide bonds. The largest absolute Gasteiger partial charge is 0.497 e. The maximum atomic E-state index is 12.7. The van der Waals surface area contributed by atoms with Crippen molar-refractivity contribution >= 4 is 23.2 Å². The van der Waals surface area contributed by atoms with E-state index in [1.54, 1.807) is 12.0 Å². The van der Waals surface area contributed by atoms with Crippen LogP contribution in [0, 0.1) is 26.7 Å². The van der Waals surface area contributed by atoms with Crippen molar-refractivity contribution in [2.45, 2.75) is 27.2 Å². The van der Waals surface area contributed by atoms with E-state index in [4.69, 9.17) is 4.74 Å². The minimum absolute atomic E-state index is 0.0456. The smallest absolute Gasteiger partial charge is 0.229 e. The summed E-state index contributed by atoms with van der Waals surface area (Å²) in [5.41, 5.74) is 4.83. The number of aryl methyl sites for hydroxylation is 3. The van der Waals surface area contributed by atoms with E-state index in [1.165, 1.54) is 5.56 Å². The van der Waals surface area contributed by atoms with Crippen molar-refractivity contribution in [3.05, 3.63) is 53.1 Å². The Hall–Kier alpha value is -2.82. The van der Waals surface area contributed by atoms with E-state index in [2.05, 4.69) is 5.32 Å². The maximum absolute atomic E-state index is 12.7. The molecule has 1 fully saturated rings. The number of nitrogens with zero attached hydrogens (tertiary/aromatic N) is 1. The number of rotatable bonds is 4. The highest BCUT2D eigenvalue weighted by Crippen LogP contribution is 2.29.